The van der Waals surface area contributed by atoms with Gasteiger partial charge >= 0.3 is 5.97 Å². The minimum atomic E-state index is -0.501. The summed E-state index contributed by atoms with van der Waals surface area (Å²) in [6.07, 6.45) is 3.15. The fourth-order valence-corrected chi connectivity index (χ4v) is 5.08. The lowest BCUT2D eigenvalue weighted by Crippen LogP contribution is -2.23. The fourth-order valence-electron chi connectivity index (χ4n) is 4.94. The second-order valence-corrected chi connectivity index (χ2v) is 12.5. The van der Waals surface area contributed by atoms with Crippen LogP contribution in [0.15, 0.2) is 73.1 Å². The van der Waals surface area contributed by atoms with E-state index in [1.807, 2.05) is 56.0 Å². The Morgan fingerprint density at radius 2 is 1.62 bits per heavy atom. The number of benzene rings is 3. The van der Waals surface area contributed by atoms with Crippen molar-refractivity contribution in [3.63, 3.8) is 0 Å². The van der Waals surface area contributed by atoms with Crippen LogP contribution in [-0.4, -0.2) is 49.0 Å². The predicted octanol–water partition coefficient (Wildman–Crippen LogP) is 8.05. The van der Waals surface area contributed by atoms with Gasteiger partial charge < -0.3 is 28.6 Å². The van der Waals surface area contributed by atoms with Crippen molar-refractivity contribution in [2.45, 2.75) is 65.7 Å². The van der Waals surface area contributed by atoms with Crippen LogP contribution in [0, 0.1) is 6.92 Å². The molecule has 3 aromatic carbocycles. The summed E-state index contributed by atoms with van der Waals surface area (Å²) in [4.78, 5) is 22.9. The van der Waals surface area contributed by atoms with Crippen molar-refractivity contribution >= 4 is 29.1 Å². The summed E-state index contributed by atoms with van der Waals surface area (Å²) in [5, 5.41) is 0.320. The molecule has 0 bridgehead atoms. The zero-order valence-corrected chi connectivity index (χ0v) is 28.8. The Kier molecular flexibility index (Phi) is 12.8. The molecule has 10 heteroatoms. The number of rotatable bonds is 16. The SMILES string of the molecule is COc1cc(OCCOCc2ccc(C)cc2)cc(OC)c1CN(c1cccc(CCCC(=O)OC(C)(C)C)c1)c1cc(Cl)ncn1. The zero-order chi connectivity index (χ0) is 33.8. The molecule has 0 radical (unpaired) electrons. The molecule has 47 heavy (non-hydrogen) atoms. The number of aryl methyl sites for hydroxylation is 2. The molecular weight excluding hydrogens is 618 g/mol. The molecule has 0 unspecified atom stereocenters. The van der Waals surface area contributed by atoms with Crippen molar-refractivity contribution in [1.82, 2.24) is 9.97 Å². The van der Waals surface area contributed by atoms with E-state index < -0.39 is 5.60 Å². The first-order valence-electron chi connectivity index (χ1n) is 15.6. The highest BCUT2D eigenvalue weighted by Crippen LogP contribution is 2.38. The van der Waals surface area contributed by atoms with E-state index in [4.69, 9.17) is 35.3 Å². The van der Waals surface area contributed by atoms with Gasteiger partial charge in [-0.05, 0) is 63.8 Å². The molecule has 0 fully saturated rings. The summed E-state index contributed by atoms with van der Waals surface area (Å²) < 4.78 is 29.0. The molecule has 4 aromatic rings. The third-order valence-corrected chi connectivity index (χ3v) is 7.37. The van der Waals surface area contributed by atoms with Gasteiger partial charge in [0.05, 0.1) is 39.5 Å². The number of aromatic nitrogens is 2. The first kappa shape index (κ1) is 35.5. The standard InChI is InChI=1S/C37H44ClN3O6/c1-26-13-15-28(16-14-26)24-45-17-18-46-30-20-32(43-5)31(33(21-30)44-6)23-41(35-22-34(38)39-25-40-35)29-11-7-9-27(19-29)10-8-12-36(42)47-37(2,3)4/h7,9,11,13-16,19-22,25H,8,10,12,17-18,23-24H2,1-6H3. The Morgan fingerprint density at radius 3 is 2.28 bits per heavy atom. The van der Waals surface area contributed by atoms with Crippen LogP contribution < -0.4 is 19.1 Å². The van der Waals surface area contributed by atoms with E-state index in [9.17, 15) is 4.79 Å². The lowest BCUT2D eigenvalue weighted by molar-refractivity contribution is -0.154. The first-order valence-corrected chi connectivity index (χ1v) is 16.0. The number of carbonyl (C=O) groups excluding carboxylic acids is 1. The molecule has 0 aliphatic rings. The van der Waals surface area contributed by atoms with Crippen LogP contribution in [0.4, 0.5) is 11.5 Å². The van der Waals surface area contributed by atoms with E-state index >= 15 is 0 Å². The molecule has 1 aromatic heterocycles. The normalized spacial score (nSPS) is 11.2. The van der Waals surface area contributed by atoms with Crippen molar-refractivity contribution in [3.05, 3.63) is 100 Å². The first-order chi connectivity index (χ1) is 22.5. The van der Waals surface area contributed by atoms with Crippen LogP contribution in [0.3, 0.4) is 0 Å². The van der Waals surface area contributed by atoms with Crippen LogP contribution >= 0.6 is 11.6 Å². The molecule has 9 nitrogen and oxygen atoms in total. The average Bonchev–Trinajstić information content (AvgIpc) is 3.03. The summed E-state index contributed by atoms with van der Waals surface area (Å²) in [6.45, 7) is 9.33. The van der Waals surface area contributed by atoms with E-state index in [-0.39, 0.29) is 5.97 Å². The van der Waals surface area contributed by atoms with Crippen LogP contribution in [0.1, 0.15) is 55.9 Å². The van der Waals surface area contributed by atoms with Crippen LogP contribution in [0.25, 0.3) is 0 Å². The number of ether oxygens (including phenoxy) is 5. The van der Waals surface area contributed by atoms with Gasteiger partial charge in [-0.25, -0.2) is 9.97 Å². The lowest BCUT2D eigenvalue weighted by Gasteiger charge is -2.26. The maximum Gasteiger partial charge on any atom is 0.306 e. The summed E-state index contributed by atoms with van der Waals surface area (Å²) >= 11 is 6.31. The molecule has 0 saturated heterocycles. The molecule has 0 N–H and O–H groups in total. The van der Waals surface area contributed by atoms with E-state index in [0.717, 1.165) is 22.4 Å². The topological polar surface area (TPSA) is 92.2 Å². The summed E-state index contributed by atoms with van der Waals surface area (Å²) in [5.74, 6) is 2.19. The second kappa shape index (κ2) is 17.0. The van der Waals surface area contributed by atoms with Crippen LogP contribution in [-0.2, 0) is 33.8 Å². The molecule has 0 spiro atoms. The number of anilines is 2. The molecule has 0 aliphatic carbocycles. The van der Waals surface area contributed by atoms with Crippen molar-refractivity contribution < 1.29 is 28.5 Å². The summed E-state index contributed by atoms with van der Waals surface area (Å²) in [6, 6.07) is 21.8. The molecule has 0 amide bonds. The van der Waals surface area contributed by atoms with E-state index in [0.29, 0.717) is 73.8 Å². The molecule has 0 aliphatic heterocycles. The Hall–Kier alpha value is -4.34. The number of halogens is 1. The fraction of sp³-hybridized carbons (Fsp3) is 0.378. The molecule has 0 atom stereocenters. The Balaban J connectivity index is 1.50. The third kappa shape index (κ3) is 11.2. The van der Waals surface area contributed by atoms with Crippen molar-refractivity contribution in [1.29, 1.82) is 0 Å². The highest BCUT2D eigenvalue weighted by molar-refractivity contribution is 6.29. The van der Waals surface area contributed by atoms with Gasteiger partial charge in [0.1, 0.15) is 46.8 Å². The third-order valence-electron chi connectivity index (χ3n) is 7.17. The maximum absolute atomic E-state index is 12.2. The maximum atomic E-state index is 12.2. The number of methoxy groups -OCH3 is 2. The van der Waals surface area contributed by atoms with Crippen molar-refractivity contribution in [3.8, 4) is 17.2 Å². The van der Waals surface area contributed by atoms with E-state index in [2.05, 4.69) is 47.2 Å². The number of hydrogen-bond acceptors (Lipinski definition) is 9. The van der Waals surface area contributed by atoms with E-state index in [1.54, 1.807) is 20.3 Å². The van der Waals surface area contributed by atoms with Gasteiger partial charge in [-0.2, -0.15) is 0 Å². The molecular formula is C37H44ClN3O6. The van der Waals surface area contributed by atoms with Gasteiger partial charge in [-0.3, -0.25) is 4.79 Å². The Morgan fingerprint density at radius 1 is 0.894 bits per heavy atom. The molecule has 250 valence electrons. The van der Waals surface area contributed by atoms with Crippen LogP contribution in [0.5, 0.6) is 17.2 Å². The van der Waals surface area contributed by atoms with Gasteiger partial charge in [0.15, 0.2) is 0 Å². The van der Waals surface area contributed by atoms with Gasteiger partial charge in [0.25, 0.3) is 0 Å². The summed E-state index contributed by atoms with van der Waals surface area (Å²) in [5.41, 5.74) is 4.58. The number of carbonyl (C=O) groups is 1. The molecule has 0 saturated carbocycles. The summed E-state index contributed by atoms with van der Waals surface area (Å²) in [7, 11) is 3.23. The Labute approximate surface area is 282 Å². The van der Waals surface area contributed by atoms with E-state index in [1.165, 1.54) is 11.9 Å². The number of nitrogens with zero attached hydrogens (tertiary/aromatic N) is 3. The molecule has 4 rings (SSSR count). The quantitative estimate of drug-likeness (QED) is 0.0672. The zero-order valence-electron chi connectivity index (χ0n) is 28.0. The minimum absolute atomic E-state index is 0.202. The number of hydrogen-bond donors (Lipinski definition) is 0. The van der Waals surface area contributed by atoms with Crippen LogP contribution in [0.2, 0.25) is 5.15 Å². The highest BCUT2D eigenvalue weighted by atomic mass is 35.5. The largest absolute Gasteiger partial charge is 0.496 e. The van der Waals surface area contributed by atoms with Gasteiger partial charge in [0, 0.05) is 30.3 Å². The van der Waals surface area contributed by atoms with Crippen molar-refractivity contribution in [2.24, 2.45) is 0 Å². The van der Waals surface area contributed by atoms with Gasteiger partial charge in [-0.1, -0.05) is 53.6 Å². The lowest BCUT2D eigenvalue weighted by atomic mass is 10.1. The Bertz CT molecular complexity index is 1580. The van der Waals surface area contributed by atoms with Crippen molar-refractivity contribution in [2.75, 3.05) is 32.3 Å². The highest BCUT2D eigenvalue weighted by Gasteiger charge is 2.21. The van der Waals surface area contributed by atoms with Gasteiger partial charge in [-0.15, -0.1) is 0 Å². The monoisotopic (exact) mass is 661 g/mol. The smallest absolute Gasteiger partial charge is 0.306 e. The molecule has 1 heterocycles. The predicted molar refractivity (Wildman–Crippen MR) is 184 cm³/mol. The second-order valence-electron chi connectivity index (χ2n) is 12.1. The van der Waals surface area contributed by atoms with Gasteiger partial charge in [0.2, 0.25) is 0 Å². The number of esters is 1. The average molecular weight is 662 g/mol. The minimum Gasteiger partial charge on any atom is -0.496 e.